The Morgan fingerprint density at radius 3 is 2.85 bits per heavy atom. The quantitative estimate of drug-likeness (QED) is 0.928. The van der Waals surface area contributed by atoms with E-state index in [9.17, 15) is 8.42 Å². The van der Waals surface area contributed by atoms with Gasteiger partial charge < -0.3 is 5.73 Å². The molecule has 2 atom stereocenters. The summed E-state index contributed by atoms with van der Waals surface area (Å²) in [6.45, 7) is 5.25. The minimum Gasteiger partial charge on any atom is -0.324 e. The van der Waals surface area contributed by atoms with Crippen LogP contribution in [0.3, 0.4) is 0 Å². The van der Waals surface area contributed by atoms with Gasteiger partial charge in [-0.05, 0) is 43.4 Å². The van der Waals surface area contributed by atoms with Crippen molar-refractivity contribution in [1.82, 2.24) is 4.31 Å². The van der Waals surface area contributed by atoms with E-state index in [1.807, 2.05) is 13.0 Å². The summed E-state index contributed by atoms with van der Waals surface area (Å²) in [5.41, 5.74) is 6.70. The topological polar surface area (TPSA) is 63.4 Å². The number of nitrogens with two attached hydrogens (primary N) is 1. The van der Waals surface area contributed by atoms with Crippen molar-refractivity contribution in [3.05, 3.63) is 29.8 Å². The molecule has 2 unspecified atom stereocenters. The Balaban J connectivity index is 2.28. The summed E-state index contributed by atoms with van der Waals surface area (Å²) in [5, 5.41) is 0. The van der Waals surface area contributed by atoms with Crippen molar-refractivity contribution >= 4 is 10.0 Å². The molecule has 1 fully saturated rings. The Morgan fingerprint density at radius 2 is 2.20 bits per heavy atom. The highest BCUT2D eigenvalue weighted by Crippen LogP contribution is 2.26. The lowest BCUT2D eigenvalue weighted by Crippen LogP contribution is -2.39. The number of rotatable bonds is 4. The van der Waals surface area contributed by atoms with Crippen LogP contribution in [0.1, 0.15) is 44.7 Å². The van der Waals surface area contributed by atoms with Crippen LogP contribution in [-0.2, 0) is 10.0 Å². The van der Waals surface area contributed by atoms with E-state index in [4.69, 9.17) is 5.73 Å². The second kappa shape index (κ2) is 6.24. The Morgan fingerprint density at radius 1 is 1.45 bits per heavy atom. The zero-order chi connectivity index (χ0) is 14.8. The Labute approximate surface area is 122 Å². The molecule has 1 aliphatic rings. The molecule has 1 heterocycles. The number of piperidine rings is 1. The summed E-state index contributed by atoms with van der Waals surface area (Å²) >= 11 is 0. The molecule has 0 radical (unpaired) electrons. The zero-order valence-corrected chi connectivity index (χ0v) is 13.1. The van der Waals surface area contributed by atoms with Gasteiger partial charge in [0, 0.05) is 19.1 Å². The van der Waals surface area contributed by atoms with Crippen molar-refractivity contribution in [2.75, 3.05) is 13.1 Å². The maximum atomic E-state index is 12.7. The average Bonchev–Trinajstić information content (AvgIpc) is 2.47. The fourth-order valence-electron chi connectivity index (χ4n) is 2.69. The van der Waals surface area contributed by atoms with Gasteiger partial charge in [-0.1, -0.05) is 25.5 Å². The van der Waals surface area contributed by atoms with Crippen LogP contribution in [0.25, 0.3) is 0 Å². The Hall–Kier alpha value is -0.910. The SMILES string of the molecule is CCC1CCCN(S(=O)(=O)c2cccc(C(C)N)c2)C1. The molecule has 5 heteroatoms. The van der Waals surface area contributed by atoms with E-state index < -0.39 is 10.0 Å². The second-order valence-electron chi connectivity index (χ2n) is 5.64. The van der Waals surface area contributed by atoms with Gasteiger partial charge in [-0.3, -0.25) is 0 Å². The molecule has 0 aliphatic carbocycles. The number of hydrogen-bond acceptors (Lipinski definition) is 3. The first kappa shape index (κ1) is 15.5. The van der Waals surface area contributed by atoms with Crippen molar-refractivity contribution in [1.29, 1.82) is 0 Å². The first-order valence-electron chi connectivity index (χ1n) is 7.31. The van der Waals surface area contributed by atoms with Gasteiger partial charge >= 0.3 is 0 Å². The summed E-state index contributed by atoms with van der Waals surface area (Å²) in [7, 11) is -3.38. The van der Waals surface area contributed by atoms with Crippen molar-refractivity contribution in [2.45, 2.75) is 44.0 Å². The molecule has 1 saturated heterocycles. The highest BCUT2D eigenvalue weighted by molar-refractivity contribution is 7.89. The first-order valence-corrected chi connectivity index (χ1v) is 8.75. The van der Waals surface area contributed by atoms with Crippen molar-refractivity contribution in [2.24, 2.45) is 11.7 Å². The lowest BCUT2D eigenvalue weighted by molar-refractivity contribution is 0.261. The van der Waals surface area contributed by atoms with Gasteiger partial charge in [-0.2, -0.15) is 4.31 Å². The molecule has 0 amide bonds. The summed E-state index contributed by atoms with van der Waals surface area (Å²) in [4.78, 5) is 0.365. The van der Waals surface area contributed by atoms with E-state index in [0.29, 0.717) is 23.9 Å². The zero-order valence-electron chi connectivity index (χ0n) is 12.2. The third-order valence-corrected chi connectivity index (χ3v) is 5.94. The van der Waals surface area contributed by atoms with Gasteiger partial charge in [0.2, 0.25) is 10.0 Å². The van der Waals surface area contributed by atoms with E-state index in [1.54, 1.807) is 22.5 Å². The molecule has 0 bridgehead atoms. The van der Waals surface area contributed by atoms with E-state index in [1.165, 1.54) is 0 Å². The Kier molecular flexibility index (Phi) is 4.83. The normalized spacial score (nSPS) is 22.6. The standard InChI is InChI=1S/C15H24N2O2S/c1-3-13-6-5-9-17(11-13)20(18,19)15-8-4-7-14(10-15)12(2)16/h4,7-8,10,12-13H,3,5-6,9,11,16H2,1-2H3. The predicted molar refractivity (Wildman–Crippen MR) is 80.8 cm³/mol. The van der Waals surface area contributed by atoms with Gasteiger partial charge in [0.15, 0.2) is 0 Å². The van der Waals surface area contributed by atoms with Crippen LogP contribution in [0.15, 0.2) is 29.2 Å². The van der Waals surface area contributed by atoms with Crippen LogP contribution in [0, 0.1) is 5.92 Å². The summed E-state index contributed by atoms with van der Waals surface area (Å²) in [6.07, 6.45) is 3.11. The lowest BCUT2D eigenvalue weighted by atomic mass is 9.97. The van der Waals surface area contributed by atoms with Crippen molar-refractivity contribution in [3.8, 4) is 0 Å². The number of nitrogens with zero attached hydrogens (tertiary/aromatic N) is 1. The molecule has 20 heavy (non-hydrogen) atoms. The molecular weight excluding hydrogens is 272 g/mol. The van der Waals surface area contributed by atoms with Crippen LogP contribution >= 0.6 is 0 Å². The molecule has 2 rings (SSSR count). The number of sulfonamides is 1. The molecule has 0 aromatic heterocycles. The molecule has 1 aliphatic heterocycles. The van der Waals surface area contributed by atoms with Gasteiger partial charge in [0.1, 0.15) is 0 Å². The molecule has 0 spiro atoms. The third kappa shape index (κ3) is 3.22. The highest BCUT2D eigenvalue weighted by atomic mass is 32.2. The van der Waals surface area contributed by atoms with Crippen LogP contribution in [0.2, 0.25) is 0 Å². The highest BCUT2D eigenvalue weighted by Gasteiger charge is 2.29. The van der Waals surface area contributed by atoms with Crippen molar-refractivity contribution < 1.29 is 8.42 Å². The van der Waals surface area contributed by atoms with E-state index >= 15 is 0 Å². The monoisotopic (exact) mass is 296 g/mol. The van der Waals surface area contributed by atoms with Gasteiger partial charge in [0.05, 0.1) is 4.90 Å². The fraction of sp³-hybridized carbons (Fsp3) is 0.600. The maximum Gasteiger partial charge on any atom is 0.243 e. The van der Waals surface area contributed by atoms with Crippen molar-refractivity contribution in [3.63, 3.8) is 0 Å². The molecule has 1 aromatic rings. The van der Waals surface area contributed by atoms with Gasteiger partial charge in [0.25, 0.3) is 0 Å². The fourth-order valence-corrected chi connectivity index (χ4v) is 4.30. The van der Waals surface area contributed by atoms with Crippen LogP contribution in [-0.4, -0.2) is 25.8 Å². The second-order valence-corrected chi connectivity index (χ2v) is 7.58. The van der Waals surface area contributed by atoms with E-state index in [2.05, 4.69) is 6.92 Å². The smallest absolute Gasteiger partial charge is 0.243 e. The Bertz CT molecular complexity index is 555. The lowest BCUT2D eigenvalue weighted by Gasteiger charge is -2.31. The molecule has 1 aromatic carbocycles. The average molecular weight is 296 g/mol. The van der Waals surface area contributed by atoms with Crippen LogP contribution in [0.5, 0.6) is 0 Å². The first-order chi connectivity index (χ1) is 9.45. The largest absolute Gasteiger partial charge is 0.324 e. The molecular formula is C15H24N2O2S. The van der Waals surface area contributed by atoms with E-state index in [-0.39, 0.29) is 6.04 Å². The minimum absolute atomic E-state index is 0.158. The van der Waals surface area contributed by atoms with Crippen LogP contribution in [0.4, 0.5) is 0 Å². The van der Waals surface area contributed by atoms with Crippen LogP contribution < -0.4 is 5.73 Å². The number of benzene rings is 1. The summed E-state index contributed by atoms with van der Waals surface area (Å²) in [6, 6.07) is 6.85. The summed E-state index contributed by atoms with van der Waals surface area (Å²) < 4.78 is 27.0. The molecule has 0 saturated carbocycles. The summed E-state index contributed by atoms with van der Waals surface area (Å²) in [5.74, 6) is 0.482. The van der Waals surface area contributed by atoms with Gasteiger partial charge in [-0.15, -0.1) is 0 Å². The van der Waals surface area contributed by atoms with E-state index in [0.717, 1.165) is 24.8 Å². The number of hydrogen-bond donors (Lipinski definition) is 1. The molecule has 2 N–H and O–H groups in total. The van der Waals surface area contributed by atoms with Gasteiger partial charge in [-0.25, -0.2) is 8.42 Å². The molecule has 4 nitrogen and oxygen atoms in total. The maximum absolute atomic E-state index is 12.7. The minimum atomic E-state index is -3.38. The molecule has 112 valence electrons. The third-order valence-electron chi connectivity index (χ3n) is 4.08. The predicted octanol–water partition coefficient (Wildman–Crippen LogP) is 2.52.